The Kier molecular flexibility index (Phi) is 13.4. The lowest BCUT2D eigenvalue weighted by atomic mass is 9.84. The van der Waals surface area contributed by atoms with Crippen molar-refractivity contribution in [2.75, 3.05) is 53.6 Å². The van der Waals surface area contributed by atoms with E-state index in [9.17, 15) is 0 Å². The molecule has 0 aliphatic carbocycles. The van der Waals surface area contributed by atoms with Crippen molar-refractivity contribution in [1.29, 1.82) is 0 Å². The Morgan fingerprint density at radius 2 is 1.82 bits per heavy atom. The summed E-state index contributed by atoms with van der Waals surface area (Å²) < 4.78 is 16.6. The van der Waals surface area contributed by atoms with Crippen molar-refractivity contribution in [3.63, 3.8) is 0 Å². The minimum absolute atomic E-state index is 0. The third-order valence-electron chi connectivity index (χ3n) is 5.93. The molecule has 190 valence electrons. The van der Waals surface area contributed by atoms with E-state index in [2.05, 4.69) is 56.2 Å². The highest BCUT2D eigenvalue weighted by molar-refractivity contribution is 14.0. The minimum Gasteiger partial charge on any atom is -0.493 e. The van der Waals surface area contributed by atoms with Crippen LogP contribution in [0.1, 0.15) is 53.0 Å². The molecule has 8 heteroatoms. The summed E-state index contributed by atoms with van der Waals surface area (Å²) in [5, 5.41) is 7.07. The second-order valence-corrected chi connectivity index (χ2v) is 9.33. The molecular formula is C25H45IN4O3. The minimum atomic E-state index is -0.137. The number of nitrogens with zero attached hydrogens (tertiary/aromatic N) is 2. The van der Waals surface area contributed by atoms with Crippen molar-refractivity contribution in [2.45, 2.75) is 65.0 Å². The number of aliphatic imine (C=N–C) groups is 1. The lowest BCUT2D eigenvalue weighted by molar-refractivity contribution is 0.0532. The standard InChI is InChI=1S/C25H44N4O3.HI/c1-8-26-24(28-21-11-13-29(14-12-21)15-16-32-19(2)3)27-18-25(4,5)20-9-10-22(30-6)23(17-20)31-7;/h9-10,17,19,21H,8,11-16,18H2,1-7H3,(H2,26,27,28);1H. The molecule has 0 bridgehead atoms. The fraction of sp³-hybridized carbons (Fsp3) is 0.720. The van der Waals surface area contributed by atoms with Crippen molar-refractivity contribution >= 4 is 29.9 Å². The number of piperidine rings is 1. The van der Waals surface area contributed by atoms with Gasteiger partial charge in [0, 0.05) is 37.6 Å². The summed E-state index contributed by atoms with van der Waals surface area (Å²) in [5.41, 5.74) is 1.04. The lowest BCUT2D eigenvalue weighted by Gasteiger charge is -2.33. The maximum atomic E-state index is 5.69. The Morgan fingerprint density at radius 3 is 2.39 bits per heavy atom. The number of methoxy groups -OCH3 is 2. The molecule has 0 aromatic heterocycles. The zero-order chi connectivity index (χ0) is 23.6. The van der Waals surface area contributed by atoms with E-state index in [-0.39, 0.29) is 29.4 Å². The molecule has 7 nitrogen and oxygen atoms in total. The summed E-state index contributed by atoms with van der Waals surface area (Å²) in [6, 6.07) is 6.55. The van der Waals surface area contributed by atoms with Crippen LogP contribution in [0, 0.1) is 0 Å². The first-order valence-corrected chi connectivity index (χ1v) is 11.9. The molecule has 33 heavy (non-hydrogen) atoms. The van der Waals surface area contributed by atoms with E-state index in [0.717, 1.165) is 63.1 Å². The fourth-order valence-electron chi connectivity index (χ4n) is 3.86. The SMILES string of the molecule is CCNC(=NCC(C)(C)c1ccc(OC)c(OC)c1)NC1CCN(CCOC(C)C)CC1.I. The van der Waals surface area contributed by atoms with Gasteiger partial charge in [-0.25, -0.2) is 0 Å². The molecule has 0 radical (unpaired) electrons. The van der Waals surface area contributed by atoms with E-state index >= 15 is 0 Å². The van der Waals surface area contributed by atoms with Crippen molar-refractivity contribution in [2.24, 2.45) is 4.99 Å². The van der Waals surface area contributed by atoms with Gasteiger partial charge in [0.1, 0.15) is 0 Å². The Labute approximate surface area is 218 Å². The Morgan fingerprint density at radius 1 is 1.15 bits per heavy atom. The summed E-state index contributed by atoms with van der Waals surface area (Å²) in [6.07, 6.45) is 2.53. The van der Waals surface area contributed by atoms with Crippen LogP contribution in [-0.4, -0.2) is 76.6 Å². The topological polar surface area (TPSA) is 67.4 Å². The predicted octanol–water partition coefficient (Wildman–Crippen LogP) is 4.04. The van der Waals surface area contributed by atoms with Crippen LogP contribution in [0.5, 0.6) is 11.5 Å². The number of ether oxygens (including phenoxy) is 3. The number of benzene rings is 1. The van der Waals surface area contributed by atoms with Gasteiger partial charge in [0.15, 0.2) is 17.5 Å². The molecule has 1 aliphatic rings. The first kappa shape index (κ1) is 29.8. The molecular weight excluding hydrogens is 531 g/mol. The average molecular weight is 577 g/mol. The second kappa shape index (κ2) is 14.9. The van der Waals surface area contributed by atoms with E-state index in [0.29, 0.717) is 18.7 Å². The van der Waals surface area contributed by atoms with E-state index in [1.54, 1.807) is 14.2 Å². The molecule has 1 aromatic carbocycles. The van der Waals surface area contributed by atoms with Crippen molar-refractivity contribution < 1.29 is 14.2 Å². The molecule has 0 spiro atoms. The second-order valence-electron chi connectivity index (χ2n) is 9.33. The summed E-state index contributed by atoms with van der Waals surface area (Å²) in [7, 11) is 3.33. The molecule has 0 amide bonds. The predicted molar refractivity (Wildman–Crippen MR) is 148 cm³/mol. The van der Waals surface area contributed by atoms with Crippen molar-refractivity contribution in [1.82, 2.24) is 15.5 Å². The number of guanidine groups is 1. The van der Waals surface area contributed by atoms with Gasteiger partial charge < -0.3 is 29.7 Å². The van der Waals surface area contributed by atoms with Crippen LogP contribution in [0.3, 0.4) is 0 Å². The molecule has 1 aliphatic heterocycles. The molecule has 1 heterocycles. The summed E-state index contributed by atoms with van der Waals surface area (Å²) in [6.45, 7) is 16.2. The zero-order valence-corrected chi connectivity index (χ0v) is 23.9. The van der Waals surface area contributed by atoms with Crippen LogP contribution in [0.2, 0.25) is 0 Å². The molecule has 1 saturated heterocycles. The summed E-state index contributed by atoms with van der Waals surface area (Å²) in [4.78, 5) is 7.42. The first-order chi connectivity index (χ1) is 15.3. The molecule has 0 saturated carbocycles. The average Bonchev–Trinajstić information content (AvgIpc) is 2.78. The van der Waals surface area contributed by atoms with Crippen molar-refractivity contribution in [3.05, 3.63) is 23.8 Å². The largest absolute Gasteiger partial charge is 0.493 e. The highest BCUT2D eigenvalue weighted by atomic mass is 127. The van der Waals surface area contributed by atoms with Gasteiger partial charge in [0.25, 0.3) is 0 Å². The number of halogens is 1. The van der Waals surface area contributed by atoms with E-state index in [1.807, 2.05) is 12.1 Å². The number of rotatable bonds is 11. The number of likely N-dealkylation sites (tertiary alicyclic amines) is 1. The lowest BCUT2D eigenvalue weighted by Crippen LogP contribution is -2.49. The molecule has 2 rings (SSSR count). The Balaban J connectivity index is 0.00000544. The van der Waals surface area contributed by atoms with Crippen LogP contribution in [0.15, 0.2) is 23.2 Å². The molecule has 0 unspecified atom stereocenters. The van der Waals surface area contributed by atoms with Gasteiger partial charge in [-0.1, -0.05) is 19.9 Å². The van der Waals surface area contributed by atoms with E-state index in [1.165, 1.54) is 5.56 Å². The normalized spacial score (nSPS) is 15.8. The quantitative estimate of drug-likeness (QED) is 0.236. The summed E-state index contributed by atoms with van der Waals surface area (Å²) in [5.74, 6) is 2.38. The Hall–Kier alpha value is -1.26. The molecule has 1 aromatic rings. The number of hydrogen-bond acceptors (Lipinski definition) is 5. The van der Waals surface area contributed by atoms with E-state index < -0.39 is 0 Å². The molecule has 0 atom stereocenters. The third kappa shape index (κ3) is 9.86. The van der Waals surface area contributed by atoms with Gasteiger partial charge in [0.05, 0.1) is 33.5 Å². The third-order valence-corrected chi connectivity index (χ3v) is 5.93. The maximum Gasteiger partial charge on any atom is 0.191 e. The number of nitrogens with one attached hydrogen (secondary N) is 2. The highest BCUT2D eigenvalue weighted by Crippen LogP contribution is 2.33. The molecule has 2 N–H and O–H groups in total. The van der Waals surface area contributed by atoms with Crippen molar-refractivity contribution in [3.8, 4) is 11.5 Å². The molecule has 1 fully saturated rings. The van der Waals surface area contributed by atoms with Crippen LogP contribution in [0.4, 0.5) is 0 Å². The van der Waals surface area contributed by atoms with Gasteiger partial charge in [-0.3, -0.25) is 4.99 Å². The first-order valence-electron chi connectivity index (χ1n) is 11.9. The number of hydrogen-bond donors (Lipinski definition) is 2. The van der Waals surface area contributed by atoms with Crippen LogP contribution >= 0.6 is 24.0 Å². The highest BCUT2D eigenvalue weighted by Gasteiger charge is 2.24. The summed E-state index contributed by atoms with van der Waals surface area (Å²) >= 11 is 0. The van der Waals surface area contributed by atoms with E-state index in [4.69, 9.17) is 19.2 Å². The zero-order valence-electron chi connectivity index (χ0n) is 21.6. The van der Waals surface area contributed by atoms with Crippen LogP contribution in [0.25, 0.3) is 0 Å². The van der Waals surface area contributed by atoms with Gasteiger partial charge in [-0.15, -0.1) is 24.0 Å². The Bertz CT molecular complexity index is 720. The van der Waals surface area contributed by atoms with Gasteiger partial charge in [-0.05, 0) is 51.3 Å². The monoisotopic (exact) mass is 576 g/mol. The maximum absolute atomic E-state index is 5.69. The van der Waals surface area contributed by atoms with Gasteiger partial charge >= 0.3 is 0 Å². The smallest absolute Gasteiger partial charge is 0.191 e. The van der Waals surface area contributed by atoms with Crippen LogP contribution < -0.4 is 20.1 Å². The van der Waals surface area contributed by atoms with Gasteiger partial charge in [0.2, 0.25) is 0 Å². The van der Waals surface area contributed by atoms with Gasteiger partial charge in [-0.2, -0.15) is 0 Å². The fourth-order valence-corrected chi connectivity index (χ4v) is 3.86. The van der Waals surface area contributed by atoms with Crippen LogP contribution in [-0.2, 0) is 10.2 Å².